The summed E-state index contributed by atoms with van der Waals surface area (Å²) in [6, 6.07) is 0.776. The van der Waals surface area contributed by atoms with Gasteiger partial charge in [0.25, 0.3) is 0 Å². The van der Waals surface area contributed by atoms with E-state index in [0.717, 1.165) is 38.0 Å². The van der Waals surface area contributed by atoms with Crippen molar-refractivity contribution >= 4 is 0 Å². The summed E-state index contributed by atoms with van der Waals surface area (Å²) in [6.45, 7) is 4.72. The second-order valence-electron chi connectivity index (χ2n) is 4.83. The molecule has 1 saturated carbocycles. The number of nitrogens with one attached hydrogen (secondary N) is 1. The van der Waals surface area contributed by atoms with Crippen LogP contribution in [0.25, 0.3) is 0 Å². The molecule has 13 heavy (non-hydrogen) atoms. The zero-order valence-electron chi connectivity index (χ0n) is 7.95. The molecule has 1 aliphatic carbocycles. The number of aliphatic hydroxyl groups excluding tert-OH is 1. The van der Waals surface area contributed by atoms with E-state index in [1.54, 1.807) is 0 Å². The summed E-state index contributed by atoms with van der Waals surface area (Å²) < 4.78 is 0. The molecule has 2 N–H and O–H groups in total. The lowest BCUT2D eigenvalue weighted by molar-refractivity contribution is 0.109. The van der Waals surface area contributed by atoms with Gasteiger partial charge in [0.15, 0.2) is 0 Å². The first-order valence-corrected chi connectivity index (χ1v) is 5.47. The molecule has 3 atom stereocenters. The Hall–Kier alpha value is -0.120. The zero-order chi connectivity index (χ0) is 8.84. The van der Waals surface area contributed by atoms with E-state index in [2.05, 4.69) is 10.2 Å². The van der Waals surface area contributed by atoms with Crippen LogP contribution in [0, 0.1) is 11.8 Å². The number of nitrogens with zero attached hydrogens (tertiary/aromatic N) is 1. The molecule has 3 unspecified atom stereocenters. The SMILES string of the molecule is OC1CCC2CN(C3CNC3)CC12. The van der Waals surface area contributed by atoms with Crippen molar-refractivity contribution in [2.75, 3.05) is 26.2 Å². The van der Waals surface area contributed by atoms with E-state index in [1.165, 1.54) is 13.0 Å². The van der Waals surface area contributed by atoms with Crippen LogP contribution in [-0.4, -0.2) is 48.3 Å². The lowest BCUT2D eigenvalue weighted by Crippen LogP contribution is -2.56. The lowest BCUT2D eigenvalue weighted by Gasteiger charge is -2.36. The van der Waals surface area contributed by atoms with Gasteiger partial charge in [-0.3, -0.25) is 4.90 Å². The first-order chi connectivity index (χ1) is 6.34. The van der Waals surface area contributed by atoms with Gasteiger partial charge < -0.3 is 10.4 Å². The highest BCUT2D eigenvalue weighted by atomic mass is 16.3. The van der Waals surface area contributed by atoms with E-state index in [0.29, 0.717) is 5.92 Å². The van der Waals surface area contributed by atoms with Gasteiger partial charge in [0, 0.05) is 38.1 Å². The third-order valence-electron chi connectivity index (χ3n) is 4.12. The van der Waals surface area contributed by atoms with Gasteiger partial charge in [0.05, 0.1) is 6.10 Å². The van der Waals surface area contributed by atoms with Crippen LogP contribution in [0.3, 0.4) is 0 Å². The van der Waals surface area contributed by atoms with Crippen LogP contribution in [0.15, 0.2) is 0 Å². The molecule has 0 amide bonds. The summed E-state index contributed by atoms with van der Waals surface area (Å²) in [6.07, 6.45) is 2.30. The molecule has 2 saturated heterocycles. The van der Waals surface area contributed by atoms with Gasteiger partial charge in [-0.2, -0.15) is 0 Å². The first kappa shape index (κ1) is 8.21. The average Bonchev–Trinajstić information content (AvgIpc) is 2.51. The molecule has 2 aliphatic heterocycles. The molecule has 0 aromatic heterocycles. The van der Waals surface area contributed by atoms with Crippen molar-refractivity contribution in [2.45, 2.75) is 25.0 Å². The van der Waals surface area contributed by atoms with Crippen molar-refractivity contribution in [3.63, 3.8) is 0 Å². The Morgan fingerprint density at radius 3 is 2.62 bits per heavy atom. The molecule has 0 radical (unpaired) electrons. The standard InChI is InChI=1S/C10H18N2O/c13-10-2-1-7-5-12(6-9(7)10)8-3-11-4-8/h7-11,13H,1-6H2. The number of likely N-dealkylation sites (tertiary alicyclic amines) is 1. The maximum absolute atomic E-state index is 9.75. The van der Waals surface area contributed by atoms with Gasteiger partial charge in [-0.25, -0.2) is 0 Å². The smallest absolute Gasteiger partial charge is 0.0583 e. The molecule has 0 bridgehead atoms. The van der Waals surface area contributed by atoms with E-state index >= 15 is 0 Å². The number of hydrogen-bond donors (Lipinski definition) is 2. The molecule has 3 nitrogen and oxygen atoms in total. The average molecular weight is 182 g/mol. The zero-order valence-corrected chi connectivity index (χ0v) is 7.95. The van der Waals surface area contributed by atoms with E-state index < -0.39 is 0 Å². The van der Waals surface area contributed by atoms with Crippen molar-refractivity contribution in [1.29, 1.82) is 0 Å². The van der Waals surface area contributed by atoms with Gasteiger partial charge >= 0.3 is 0 Å². The van der Waals surface area contributed by atoms with Gasteiger partial charge in [0.1, 0.15) is 0 Å². The van der Waals surface area contributed by atoms with Crippen LogP contribution in [-0.2, 0) is 0 Å². The molecular formula is C10H18N2O. The van der Waals surface area contributed by atoms with E-state index in [1.807, 2.05) is 0 Å². The first-order valence-electron chi connectivity index (χ1n) is 5.47. The van der Waals surface area contributed by atoms with Crippen LogP contribution in [0.2, 0.25) is 0 Å². The Morgan fingerprint density at radius 1 is 1.15 bits per heavy atom. The summed E-state index contributed by atoms with van der Waals surface area (Å²) >= 11 is 0. The fourth-order valence-electron chi connectivity index (χ4n) is 3.10. The van der Waals surface area contributed by atoms with Crippen LogP contribution in [0.5, 0.6) is 0 Å². The largest absolute Gasteiger partial charge is 0.393 e. The normalized spacial score (nSPS) is 46.4. The van der Waals surface area contributed by atoms with E-state index in [-0.39, 0.29) is 6.10 Å². The molecule has 3 aliphatic rings. The number of rotatable bonds is 1. The lowest BCUT2D eigenvalue weighted by atomic mass is 10.00. The molecule has 0 aromatic carbocycles. The highest BCUT2D eigenvalue weighted by molar-refractivity contribution is 4.98. The van der Waals surface area contributed by atoms with Gasteiger partial charge in [-0.1, -0.05) is 0 Å². The van der Waals surface area contributed by atoms with Crippen molar-refractivity contribution < 1.29 is 5.11 Å². The third kappa shape index (κ3) is 1.22. The highest BCUT2D eigenvalue weighted by Gasteiger charge is 2.44. The predicted octanol–water partition coefficient (Wildman–Crippen LogP) is -0.339. The van der Waals surface area contributed by atoms with Crippen LogP contribution in [0.1, 0.15) is 12.8 Å². The molecule has 74 valence electrons. The summed E-state index contributed by atoms with van der Waals surface area (Å²) in [5.74, 6) is 1.40. The fraction of sp³-hybridized carbons (Fsp3) is 1.00. The second-order valence-corrected chi connectivity index (χ2v) is 4.83. The van der Waals surface area contributed by atoms with Crippen molar-refractivity contribution in [3.05, 3.63) is 0 Å². The summed E-state index contributed by atoms with van der Waals surface area (Å²) in [7, 11) is 0. The molecular weight excluding hydrogens is 164 g/mol. The minimum atomic E-state index is 0.00281. The van der Waals surface area contributed by atoms with E-state index in [4.69, 9.17) is 0 Å². The predicted molar refractivity (Wildman–Crippen MR) is 50.5 cm³/mol. The monoisotopic (exact) mass is 182 g/mol. The number of fused-ring (bicyclic) bond motifs is 1. The van der Waals surface area contributed by atoms with E-state index in [9.17, 15) is 5.11 Å². The molecule has 0 spiro atoms. The Labute approximate surface area is 79.1 Å². The van der Waals surface area contributed by atoms with Gasteiger partial charge in [-0.05, 0) is 18.8 Å². The maximum atomic E-state index is 9.75. The van der Waals surface area contributed by atoms with Crippen LogP contribution in [0.4, 0.5) is 0 Å². The Balaban J connectivity index is 1.65. The summed E-state index contributed by atoms with van der Waals surface area (Å²) in [5, 5.41) is 13.1. The fourth-order valence-corrected chi connectivity index (χ4v) is 3.10. The molecule has 3 fully saturated rings. The van der Waals surface area contributed by atoms with Crippen molar-refractivity contribution in [3.8, 4) is 0 Å². The Bertz CT molecular complexity index is 205. The Kier molecular flexibility index (Phi) is 1.86. The topological polar surface area (TPSA) is 35.5 Å². The number of aliphatic hydroxyl groups is 1. The minimum absolute atomic E-state index is 0.00281. The van der Waals surface area contributed by atoms with Crippen LogP contribution >= 0.6 is 0 Å². The molecule has 2 heterocycles. The third-order valence-corrected chi connectivity index (χ3v) is 4.12. The van der Waals surface area contributed by atoms with Gasteiger partial charge in [0.2, 0.25) is 0 Å². The molecule has 0 aromatic rings. The van der Waals surface area contributed by atoms with Crippen molar-refractivity contribution in [1.82, 2.24) is 10.2 Å². The second kappa shape index (κ2) is 2.94. The van der Waals surface area contributed by atoms with Gasteiger partial charge in [-0.15, -0.1) is 0 Å². The minimum Gasteiger partial charge on any atom is -0.393 e. The molecule has 3 heteroatoms. The quantitative estimate of drug-likeness (QED) is 0.582. The maximum Gasteiger partial charge on any atom is 0.0583 e. The summed E-state index contributed by atoms with van der Waals surface area (Å²) in [4.78, 5) is 2.58. The van der Waals surface area contributed by atoms with Crippen LogP contribution < -0.4 is 5.32 Å². The highest BCUT2D eigenvalue weighted by Crippen LogP contribution is 2.38. The number of hydrogen-bond acceptors (Lipinski definition) is 3. The molecule has 3 rings (SSSR count). The summed E-state index contributed by atoms with van der Waals surface area (Å²) in [5.41, 5.74) is 0. The Morgan fingerprint density at radius 2 is 2.00 bits per heavy atom. The van der Waals surface area contributed by atoms with Crippen molar-refractivity contribution in [2.24, 2.45) is 11.8 Å².